The third-order valence-electron chi connectivity index (χ3n) is 4.05. The Morgan fingerprint density at radius 1 is 1.04 bits per heavy atom. The first-order chi connectivity index (χ1) is 12.1. The molecule has 25 heavy (non-hydrogen) atoms. The highest BCUT2D eigenvalue weighted by atomic mass is 32.1. The van der Waals surface area contributed by atoms with E-state index in [1.807, 2.05) is 86.3 Å². The minimum Gasteiger partial charge on any atom is -0.331 e. The number of hydrogen-bond donors (Lipinski definition) is 0. The third-order valence-corrected chi connectivity index (χ3v) is 5.07. The molecule has 1 heterocycles. The van der Waals surface area contributed by atoms with Gasteiger partial charge in [0.25, 0.3) is 5.91 Å². The highest BCUT2D eigenvalue weighted by Crippen LogP contribution is 2.31. The van der Waals surface area contributed by atoms with Crippen LogP contribution in [0.1, 0.15) is 34.9 Å². The van der Waals surface area contributed by atoms with Crippen LogP contribution < -0.4 is 0 Å². The molecule has 0 saturated carbocycles. The Bertz CT molecular complexity index is 841. The van der Waals surface area contributed by atoms with E-state index in [4.69, 9.17) is 0 Å². The minimum atomic E-state index is -0.0120. The molecule has 0 aliphatic carbocycles. The molecule has 1 aromatic heterocycles. The van der Waals surface area contributed by atoms with Gasteiger partial charge in [0.05, 0.1) is 9.88 Å². The molecular weight excluding hydrogens is 328 g/mol. The molecule has 0 unspecified atom stereocenters. The largest absolute Gasteiger partial charge is 0.331 e. The molecule has 0 N–H and O–H groups in total. The molecule has 0 atom stereocenters. The van der Waals surface area contributed by atoms with Crippen molar-refractivity contribution in [3.63, 3.8) is 0 Å². The minimum absolute atomic E-state index is 0.0120. The lowest BCUT2D eigenvalue weighted by Crippen LogP contribution is -2.36. The summed E-state index contributed by atoms with van der Waals surface area (Å²) < 4.78 is 0. The maximum atomic E-state index is 13.3. The van der Waals surface area contributed by atoms with Crippen LogP contribution in [0.2, 0.25) is 0 Å². The van der Waals surface area contributed by atoms with E-state index >= 15 is 0 Å². The number of carbonyl (C=O) groups excluding carboxylic acids is 1. The Balaban J connectivity index is 1.96. The van der Waals surface area contributed by atoms with E-state index in [0.717, 1.165) is 21.0 Å². The summed E-state index contributed by atoms with van der Waals surface area (Å²) in [6.45, 7) is 6.62. The fourth-order valence-corrected chi connectivity index (χ4v) is 3.68. The summed E-state index contributed by atoms with van der Waals surface area (Å²) >= 11 is 1.57. The molecule has 4 heteroatoms. The second-order valence-corrected chi connectivity index (χ2v) is 7.49. The smallest absolute Gasteiger partial charge is 0.274 e. The van der Waals surface area contributed by atoms with Crippen LogP contribution in [-0.2, 0) is 6.54 Å². The second kappa shape index (κ2) is 7.62. The van der Waals surface area contributed by atoms with Crippen LogP contribution >= 0.6 is 11.3 Å². The number of amides is 1. The average molecular weight is 350 g/mol. The Morgan fingerprint density at radius 2 is 1.64 bits per heavy atom. The van der Waals surface area contributed by atoms with Gasteiger partial charge in [-0.1, -0.05) is 60.7 Å². The van der Waals surface area contributed by atoms with Crippen molar-refractivity contribution in [3.05, 3.63) is 76.9 Å². The van der Waals surface area contributed by atoms with Gasteiger partial charge in [-0.15, -0.1) is 11.3 Å². The Hall–Kier alpha value is -2.46. The second-order valence-electron chi connectivity index (χ2n) is 6.29. The van der Waals surface area contributed by atoms with Crippen LogP contribution in [0.15, 0.2) is 60.7 Å². The van der Waals surface area contributed by atoms with Gasteiger partial charge in [-0.3, -0.25) is 4.79 Å². The molecule has 0 bridgehead atoms. The summed E-state index contributed by atoms with van der Waals surface area (Å²) in [5.74, 6) is -0.0120. The first-order valence-corrected chi connectivity index (χ1v) is 9.25. The summed E-state index contributed by atoms with van der Waals surface area (Å²) in [6.07, 6.45) is 0. The average Bonchev–Trinajstić information content (AvgIpc) is 3.02. The lowest BCUT2D eigenvalue weighted by Gasteiger charge is -2.26. The molecule has 0 saturated heterocycles. The maximum Gasteiger partial charge on any atom is 0.274 e. The van der Waals surface area contributed by atoms with Gasteiger partial charge in [0.2, 0.25) is 0 Å². The first-order valence-electron chi connectivity index (χ1n) is 8.44. The van der Waals surface area contributed by atoms with Crippen molar-refractivity contribution in [2.24, 2.45) is 0 Å². The molecule has 3 nitrogen and oxygen atoms in total. The normalized spacial score (nSPS) is 10.9. The Labute approximate surface area is 153 Å². The maximum absolute atomic E-state index is 13.3. The molecular formula is C21H22N2OS. The number of benzene rings is 2. The van der Waals surface area contributed by atoms with E-state index in [2.05, 4.69) is 4.98 Å². The molecule has 3 rings (SSSR count). The van der Waals surface area contributed by atoms with Crippen molar-refractivity contribution in [1.29, 1.82) is 0 Å². The van der Waals surface area contributed by atoms with Crippen LogP contribution in [0, 0.1) is 6.92 Å². The lowest BCUT2D eigenvalue weighted by atomic mass is 10.1. The molecule has 0 spiro atoms. The van der Waals surface area contributed by atoms with E-state index in [-0.39, 0.29) is 11.9 Å². The van der Waals surface area contributed by atoms with E-state index in [9.17, 15) is 4.79 Å². The Kier molecular flexibility index (Phi) is 5.29. The number of aryl methyl sites for hydroxylation is 1. The number of thiazole rings is 1. The van der Waals surface area contributed by atoms with Crippen molar-refractivity contribution in [1.82, 2.24) is 9.88 Å². The van der Waals surface area contributed by atoms with Crippen LogP contribution in [0.25, 0.3) is 10.4 Å². The van der Waals surface area contributed by atoms with Crippen LogP contribution in [0.4, 0.5) is 0 Å². The van der Waals surface area contributed by atoms with Gasteiger partial charge in [-0.05, 0) is 31.9 Å². The zero-order chi connectivity index (χ0) is 17.8. The summed E-state index contributed by atoms with van der Waals surface area (Å²) in [4.78, 5) is 20.7. The van der Waals surface area contributed by atoms with Gasteiger partial charge in [0.1, 0.15) is 5.69 Å². The third kappa shape index (κ3) is 3.97. The van der Waals surface area contributed by atoms with Gasteiger partial charge in [-0.25, -0.2) is 4.98 Å². The van der Waals surface area contributed by atoms with Crippen molar-refractivity contribution < 1.29 is 4.79 Å². The topological polar surface area (TPSA) is 33.2 Å². The van der Waals surface area contributed by atoms with Crippen molar-refractivity contribution >= 4 is 17.2 Å². The van der Waals surface area contributed by atoms with Crippen molar-refractivity contribution in [2.75, 3.05) is 0 Å². The van der Waals surface area contributed by atoms with Gasteiger partial charge in [0, 0.05) is 12.6 Å². The summed E-state index contributed by atoms with van der Waals surface area (Å²) in [5, 5.41) is 0.908. The monoisotopic (exact) mass is 350 g/mol. The van der Waals surface area contributed by atoms with Crippen molar-refractivity contribution in [3.8, 4) is 10.4 Å². The molecule has 1 amide bonds. The molecule has 0 radical (unpaired) electrons. The highest BCUT2D eigenvalue weighted by molar-refractivity contribution is 7.15. The number of nitrogens with zero attached hydrogens (tertiary/aromatic N) is 2. The number of aromatic nitrogens is 1. The van der Waals surface area contributed by atoms with Gasteiger partial charge >= 0.3 is 0 Å². The molecule has 3 aromatic rings. The van der Waals surface area contributed by atoms with Crippen molar-refractivity contribution in [2.45, 2.75) is 33.4 Å². The van der Waals surface area contributed by atoms with Gasteiger partial charge in [-0.2, -0.15) is 0 Å². The molecule has 128 valence electrons. The molecule has 0 aliphatic rings. The van der Waals surface area contributed by atoms with E-state index in [1.54, 1.807) is 11.3 Å². The fraction of sp³-hybridized carbons (Fsp3) is 0.238. The van der Waals surface area contributed by atoms with Crippen LogP contribution in [0.5, 0.6) is 0 Å². The molecule has 0 fully saturated rings. The van der Waals surface area contributed by atoms with Gasteiger partial charge in [0.15, 0.2) is 0 Å². The predicted octanol–water partition coefficient (Wildman–Crippen LogP) is 5.17. The van der Waals surface area contributed by atoms with E-state index < -0.39 is 0 Å². The SMILES string of the molecule is Cc1nc(C(=O)N(Cc2ccccc2)C(C)C)c(-c2ccccc2)s1. The number of carbonyl (C=O) groups is 1. The highest BCUT2D eigenvalue weighted by Gasteiger charge is 2.25. The Morgan fingerprint density at radius 3 is 2.24 bits per heavy atom. The molecule has 0 aliphatic heterocycles. The zero-order valence-electron chi connectivity index (χ0n) is 14.8. The van der Waals surface area contributed by atoms with Crippen LogP contribution in [-0.4, -0.2) is 21.8 Å². The quantitative estimate of drug-likeness (QED) is 0.636. The number of rotatable bonds is 5. The fourth-order valence-electron chi connectivity index (χ4n) is 2.76. The van der Waals surface area contributed by atoms with E-state index in [0.29, 0.717) is 12.2 Å². The zero-order valence-corrected chi connectivity index (χ0v) is 15.6. The summed E-state index contributed by atoms with van der Waals surface area (Å²) in [7, 11) is 0. The standard InChI is InChI=1S/C21H22N2OS/c1-15(2)23(14-17-10-6-4-7-11-17)21(24)19-20(25-16(3)22-19)18-12-8-5-9-13-18/h4-13,15H,14H2,1-3H3. The first kappa shape index (κ1) is 17.4. The van der Waals surface area contributed by atoms with Gasteiger partial charge < -0.3 is 4.90 Å². The summed E-state index contributed by atoms with van der Waals surface area (Å²) in [5.41, 5.74) is 2.72. The van der Waals surface area contributed by atoms with Crippen LogP contribution in [0.3, 0.4) is 0 Å². The predicted molar refractivity (Wildman–Crippen MR) is 104 cm³/mol. The van der Waals surface area contributed by atoms with E-state index in [1.165, 1.54) is 0 Å². The molecule has 2 aromatic carbocycles. The number of hydrogen-bond acceptors (Lipinski definition) is 3. The lowest BCUT2D eigenvalue weighted by molar-refractivity contribution is 0.0685. The summed E-state index contributed by atoms with van der Waals surface area (Å²) in [6, 6.07) is 20.2.